The van der Waals surface area contributed by atoms with E-state index < -0.39 is 11.8 Å². The third-order valence-corrected chi connectivity index (χ3v) is 4.78. The number of carbonyl (C=O) groups excluding carboxylic acids is 2. The molecule has 2 amide bonds. The Morgan fingerprint density at radius 1 is 1.00 bits per heavy atom. The Morgan fingerprint density at radius 2 is 1.72 bits per heavy atom. The molecule has 0 saturated carbocycles. The van der Waals surface area contributed by atoms with Gasteiger partial charge in [0.25, 0.3) is 0 Å². The van der Waals surface area contributed by atoms with E-state index in [0.717, 1.165) is 22.6 Å². The molecule has 0 aliphatic carbocycles. The molecule has 0 aliphatic rings. The quantitative estimate of drug-likeness (QED) is 0.364. The summed E-state index contributed by atoms with van der Waals surface area (Å²) in [6.45, 7) is 3.82. The third-order valence-electron chi connectivity index (χ3n) is 4.23. The van der Waals surface area contributed by atoms with Gasteiger partial charge in [-0.25, -0.2) is 5.43 Å². The summed E-state index contributed by atoms with van der Waals surface area (Å²) in [5, 5.41) is 7.52. The van der Waals surface area contributed by atoms with Crippen LogP contribution in [0.3, 0.4) is 0 Å². The van der Waals surface area contributed by atoms with E-state index in [4.69, 9.17) is 23.2 Å². The van der Waals surface area contributed by atoms with Gasteiger partial charge in [-0.15, -0.1) is 0 Å². The average molecular weight is 429 g/mol. The molecule has 148 valence electrons. The van der Waals surface area contributed by atoms with Crippen LogP contribution in [0.15, 0.2) is 59.7 Å². The van der Waals surface area contributed by atoms with Crippen molar-refractivity contribution in [3.8, 4) is 5.69 Å². The number of aromatic nitrogens is 1. The molecule has 1 aromatic heterocycles. The van der Waals surface area contributed by atoms with Crippen molar-refractivity contribution in [3.63, 3.8) is 0 Å². The van der Waals surface area contributed by atoms with Crippen LogP contribution in [0.25, 0.3) is 5.69 Å². The van der Waals surface area contributed by atoms with Crippen LogP contribution < -0.4 is 10.7 Å². The zero-order chi connectivity index (χ0) is 21.0. The molecular weight excluding hydrogens is 411 g/mol. The fourth-order valence-corrected chi connectivity index (χ4v) is 3.24. The van der Waals surface area contributed by atoms with Crippen LogP contribution in [0.1, 0.15) is 17.0 Å². The molecule has 2 N–H and O–H groups in total. The molecule has 8 heteroatoms. The summed E-state index contributed by atoms with van der Waals surface area (Å²) in [6, 6.07) is 15.8. The predicted octanol–water partition coefficient (Wildman–Crippen LogP) is 4.49. The maximum absolute atomic E-state index is 11.9. The van der Waals surface area contributed by atoms with Crippen molar-refractivity contribution in [1.82, 2.24) is 9.99 Å². The van der Waals surface area contributed by atoms with Crippen molar-refractivity contribution < 1.29 is 9.59 Å². The molecule has 0 aliphatic heterocycles. The van der Waals surface area contributed by atoms with E-state index in [1.807, 2.05) is 30.5 Å². The minimum Gasteiger partial charge on any atom is -0.318 e. The van der Waals surface area contributed by atoms with Gasteiger partial charge >= 0.3 is 11.8 Å². The number of carbonyl (C=O) groups is 2. The Bertz CT molecular complexity index is 1090. The van der Waals surface area contributed by atoms with Gasteiger partial charge in [-0.2, -0.15) is 5.10 Å². The van der Waals surface area contributed by atoms with Crippen molar-refractivity contribution in [1.29, 1.82) is 0 Å². The highest BCUT2D eigenvalue weighted by molar-refractivity contribution is 6.39. The number of anilines is 1. The Hall–Kier alpha value is -3.09. The van der Waals surface area contributed by atoms with Crippen LogP contribution in [0.4, 0.5) is 5.69 Å². The number of halogens is 2. The van der Waals surface area contributed by atoms with Gasteiger partial charge in [-0.05, 0) is 50.2 Å². The lowest BCUT2D eigenvalue weighted by Crippen LogP contribution is -2.32. The Balaban J connectivity index is 1.72. The molecule has 3 rings (SSSR count). The monoisotopic (exact) mass is 428 g/mol. The van der Waals surface area contributed by atoms with Gasteiger partial charge in [-0.3, -0.25) is 9.59 Å². The molecule has 0 atom stereocenters. The third kappa shape index (κ3) is 4.85. The summed E-state index contributed by atoms with van der Waals surface area (Å²) in [5.74, 6) is -1.67. The lowest BCUT2D eigenvalue weighted by molar-refractivity contribution is -0.136. The van der Waals surface area contributed by atoms with Gasteiger partial charge in [0.05, 0.1) is 16.9 Å². The molecule has 0 fully saturated rings. The van der Waals surface area contributed by atoms with E-state index in [0.29, 0.717) is 15.7 Å². The zero-order valence-corrected chi connectivity index (χ0v) is 17.3. The summed E-state index contributed by atoms with van der Waals surface area (Å²) >= 11 is 12.4. The van der Waals surface area contributed by atoms with E-state index in [2.05, 4.69) is 15.8 Å². The number of nitrogens with one attached hydrogen (secondary N) is 2. The molecule has 0 spiro atoms. The molecule has 0 unspecified atom stereocenters. The first-order chi connectivity index (χ1) is 13.9. The summed E-state index contributed by atoms with van der Waals surface area (Å²) in [6.07, 6.45) is 1.48. The number of benzene rings is 2. The highest BCUT2D eigenvalue weighted by Gasteiger charge is 2.14. The van der Waals surface area contributed by atoms with Gasteiger partial charge in [0, 0.05) is 27.7 Å². The molecule has 29 heavy (non-hydrogen) atoms. The summed E-state index contributed by atoms with van der Waals surface area (Å²) < 4.78 is 1.94. The van der Waals surface area contributed by atoms with E-state index >= 15 is 0 Å². The number of para-hydroxylation sites is 1. The van der Waals surface area contributed by atoms with Gasteiger partial charge in [0.2, 0.25) is 0 Å². The van der Waals surface area contributed by atoms with Crippen LogP contribution in [-0.2, 0) is 9.59 Å². The van der Waals surface area contributed by atoms with Gasteiger partial charge < -0.3 is 9.88 Å². The normalized spacial score (nSPS) is 10.9. The maximum Gasteiger partial charge on any atom is 0.329 e. The van der Waals surface area contributed by atoms with Crippen LogP contribution in [0.2, 0.25) is 10.0 Å². The second kappa shape index (κ2) is 8.94. The molecule has 0 bridgehead atoms. The number of hydrogen-bond donors (Lipinski definition) is 2. The first-order valence-corrected chi connectivity index (χ1v) is 9.46. The lowest BCUT2D eigenvalue weighted by atomic mass is 10.2. The second-order valence-electron chi connectivity index (χ2n) is 6.28. The van der Waals surface area contributed by atoms with Gasteiger partial charge in [0.15, 0.2) is 0 Å². The Morgan fingerprint density at radius 3 is 2.45 bits per heavy atom. The number of nitrogens with zero attached hydrogens (tertiary/aromatic N) is 2. The van der Waals surface area contributed by atoms with Crippen molar-refractivity contribution in [2.24, 2.45) is 5.10 Å². The van der Waals surface area contributed by atoms with Gasteiger partial charge in [-0.1, -0.05) is 41.4 Å². The smallest absolute Gasteiger partial charge is 0.318 e. The minimum absolute atomic E-state index is 0.526. The molecule has 1 heterocycles. The Kier molecular flexibility index (Phi) is 6.36. The Labute approximate surface area is 178 Å². The number of aryl methyl sites for hydroxylation is 1. The molecule has 6 nitrogen and oxygen atoms in total. The summed E-state index contributed by atoms with van der Waals surface area (Å²) in [5.41, 5.74) is 6.05. The number of amides is 2. The number of hydrazone groups is 1. The minimum atomic E-state index is -0.864. The van der Waals surface area contributed by atoms with Crippen molar-refractivity contribution in [3.05, 3.63) is 81.6 Å². The highest BCUT2D eigenvalue weighted by atomic mass is 35.5. The standard InChI is InChI=1S/C21H18Cl2N4O2/c1-13-10-15(14(2)27(13)19-11-16(22)8-9-18(19)23)12-24-26-21(29)20(28)25-17-6-4-3-5-7-17/h3-12H,1-2H3,(H,25,28)(H,26,29)/b24-12-. The second-order valence-corrected chi connectivity index (χ2v) is 7.12. The zero-order valence-electron chi connectivity index (χ0n) is 15.7. The molecule has 2 aromatic carbocycles. The maximum atomic E-state index is 11.9. The van der Waals surface area contributed by atoms with E-state index in [1.54, 1.807) is 42.5 Å². The number of hydrogen-bond acceptors (Lipinski definition) is 3. The highest BCUT2D eigenvalue weighted by Crippen LogP contribution is 2.28. The molecule has 3 aromatic rings. The van der Waals surface area contributed by atoms with Crippen molar-refractivity contribution in [2.45, 2.75) is 13.8 Å². The van der Waals surface area contributed by atoms with Gasteiger partial charge in [0.1, 0.15) is 0 Å². The van der Waals surface area contributed by atoms with E-state index in [-0.39, 0.29) is 0 Å². The first kappa shape index (κ1) is 20.6. The van der Waals surface area contributed by atoms with Crippen LogP contribution in [0, 0.1) is 13.8 Å². The summed E-state index contributed by atoms with van der Waals surface area (Å²) in [7, 11) is 0. The van der Waals surface area contributed by atoms with Crippen LogP contribution in [-0.4, -0.2) is 22.6 Å². The molecule has 0 radical (unpaired) electrons. The van der Waals surface area contributed by atoms with E-state index in [9.17, 15) is 9.59 Å². The molecule has 0 saturated heterocycles. The lowest BCUT2D eigenvalue weighted by Gasteiger charge is -2.12. The average Bonchev–Trinajstić information content (AvgIpc) is 2.98. The molecular formula is C21H18Cl2N4O2. The fourth-order valence-electron chi connectivity index (χ4n) is 2.87. The largest absolute Gasteiger partial charge is 0.329 e. The van der Waals surface area contributed by atoms with Crippen LogP contribution in [0.5, 0.6) is 0 Å². The van der Waals surface area contributed by atoms with Crippen molar-refractivity contribution >= 4 is 46.9 Å². The topological polar surface area (TPSA) is 75.5 Å². The van der Waals surface area contributed by atoms with E-state index in [1.165, 1.54) is 6.21 Å². The van der Waals surface area contributed by atoms with Crippen molar-refractivity contribution in [2.75, 3.05) is 5.32 Å². The summed E-state index contributed by atoms with van der Waals surface area (Å²) in [4.78, 5) is 23.8. The van der Waals surface area contributed by atoms with Crippen LogP contribution >= 0.6 is 23.2 Å². The first-order valence-electron chi connectivity index (χ1n) is 8.70. The fraction of sp³-hybridized carbons (Fsp3) is 0.0952. The SMILES string of the molecule is Cc1cc(/C=N\NC(=O)C(=O)Nc2ccccc2)c(C)n1-c1cc(Cl)ccc1Cl. The number of rotatable bonds is 4. The predicted molar refractivity (Wildman–Crippen MR) is 116 cm³/mol.